The molecule has 0 saturated carbocycles. The summed E-state index contributed by atoms with van der Waals surface area (Å²) >= 11 is 0. The van der Waals surface area contributed by atoms with Crippen molar-refractivity contribution in [2.75, 3.05) is 13.2 Å². The second-order valence-corrected chi connectivity index (χ2v) is 5.59. The van der Waals surface area contributed by atoms with E-state index in [9.17, 15) is 4.79 Å². The third kappa shape index (κ3) is 3.34. The van der Waals surface area contributed by atoms with E-state index in [0.29, 0.717) is 18.3 Å². The summed E-state index contributed by atoms with van der Waals surface area (Å²) in [6.07, 6.45) is 0. The third-order valence-corrected chi connectivity index (χ3v) is 3.84. The zero-order valence-corrected chi connectivity index (χ0v) is 13.4. The molecule has 1 aromatic heterocycles. The highest BCUT2D eigenvalue weighted by atomic mass is 16.5. The molecule has 0 fully saturated rings. The van der Waals surface area contributed by atoms with Crippen molar-refractivity contribution in [3.8, 4) is 5.75 Å². The highest BCUT2D eigenvalue weighted by Gasteiger charge is 2.27. The topological polar surface area (TPSA) is 86.5 Å². The van der Waals surface area contributed by atoms with Gasteiger partial charge in [-0.1, -0.05) is 17.3 Å². The Bertz CT molecular complexity index is 726. The van der Waals surface area contributed by atoms with E-state index < -0.39 is 0 Å². The molecule has 1 aromatic carbocycles. The van der Waals surface area contributed by atoms with Crippen molar-refractivity contribution in [2.45, 2.75) is 33.4 Å². The van der Waals surface area contributed by atoms with E-state index in [1.807, 2.05) is 26.0 Å². The van der Waals surface area contributed by atoms with Crippen LogP contribution >= 0.6 is 0 Å². The Kier molecular flexibility index (Phi) is 4.29. The molecule has 7 nitrogen and oxygen atoms in total. The molecule has 0 unspecified atom stereocenters. The second-order valence-electron chi connectivity index (χ2n) is 5.59. The van der Waals surface area contributed by atoms with Crippen LogP contribution in [-0.2, 0) is 16.1 Å². The van der Waals surface area contributed by atoms with Crippen LogP contribution < -0.4 is 10.1 Å². The molecule has 7 heteroatoms. The first kappa shape index (κ1) is 15.5. The van der Waals surface area contributed by atoms with Crippen molar-refractivity contribution in [3.63, 3.8) is 0 Å². The lowest BCUT2D eigenvalue weighted by Crippen LogP contribution is -2.32. The van der Waals surface area contributed by atoms with E-state index in [0.717, 1.165) is 16.9 Å². The van der Waals surface area contributed by atoms with Gasteiger partial charge < -0.3 is 19.3 Å². The van der Waals surface area contributed by atoms with Gasteiger partial charge in [-0.25, -0.2) is 0 Å². The number of ether oxygens (including phenoxy) is 2. The number of rotatable bonds is 5. The summed E-state index contributed by atoms with van der Waals surface area (Å²) in [5.74, 6) is 1.56. The molecule has 1 N–H and O–H groups in total. The van der Waals surface area contributed by atoms with E-state index in [4.69, 9.17) is 14.0 Å². The monoisotopic (exact) mass is 317 g/mol. The van der Waals surface area contributed by atoms with Gasteiger partial charge in [-0.15, -0.1) is 0 Å². The average molecular weight is 317 g/mol. The molecular weight excluding hydrogens is 298 g/mol. The summed E-state index contributed by atoms with van der Waals surface area (Å²) < 4.78 is 15.9. The number of benzene rings is 1. The smallest absolute Gasteiger partial charge is 0.252 e. The van der Waals surface area contributed by atoms with Crippen LogP contribution in [0.15, 0.2) is 16.7 Å². The summed E-state index contributed by atoms with van der Waals surface area (Å²) in [6, 6.07) is 3.89. The van der Waals surface area contributed by atoms with E-state index >= 15 is 0 Å². The predicted octanol–water partition coefficient (Wildman–Crippen LogP) is 1.76. The number of carbonyl (C=O) groups is 1. The normalized spacial score (nSPS) is 16.0. The molecule has 0 bridgehead atoms. The van der Waals surface area contributed by atoms with Crippen molar-refractivity contribution in [1.29, 1.82) is 0 Å². The number of aromatic nitrogens is 2. The molecule has 1 aliphatic rings. The Morgan fingerprint density at radius 2 is 2.22 bits per heavy atom. The Labute approximate surface area is 134 Å². The summed E-state index contributed by atoms with van der Waals surface area (Å²) in [7, 11) is 0. The average Bonchev–Trinajstić information content (AvgIpc) is 3.10. The molecule has 2 aromatic rings. The molecular formula is C16H19N3O4. The van der Waals surface area contributed by atoms with Gasteiger partial charge in [0, 0.05) is 5.56 Å². The Morgan fingerprint density at radius 1 is 1.39 bits per heavy atom. The zero-order chi connectivity index (χ0) is 16.4. The summed E-state index contributed by atoms with van der Waals surface area (Å²) in [5.41, 5.74) is 3.30. The molecule has 2 heterocycles. The predicted molar refractivity (Wildman–Crippen MR) is 81.0 cm³/mol. The van der Waals surface area contributed by atoms with Gasteiger partial charge in [0.05, 0.1) is 6.04 Å². The minimum Gasteiger partial charge on any atom is -0.490 e. The van der Waals surface area contributed by atoms with Crippen molar-refractivity contribution in [3.05, 3.63) is 40.5 Å². The van der Waals surface area contributed by atoms with Gasteiger partial charge in [0.25, 0.3) is 5.89 Å². The molecule has 1 aliphatic heterocycles. The molecule has 0 aliphatic carbocycles. The highest BCUT2D eigenvalue weighted by Crippen LogP contribution is 2.36. The van der Waals surface area contributed by atoms with Gasteiger partial charge in [-0.3, -0.25) is 4.79 Å². The number of hydrogen-bond donors (Lipinski definition) is 1. The molecule has 23 heavy (non-hydrogen) atoms. The van der Waals surface area contributed by atoms with Gasteiger partial charge in [-0.05, 0) is 31.9 Å². The van der Waals surface area contributed by atoms with Crippen molar-refractivity contribution >= 4 is 5.91 Å². The Hall–Kier alpha value is -2.41. The molecule has 3 rings (SSSR count). The molecule has 1 amide bonds. The maximum absolute atomic E-state index is 12.0. The largest absolute Gasteiger partial charge is 0.490 e. The number of fused-ring (bicyclic) bond motifs is 1. The maximum Gasteiger partial charge on any atom is 0.252 e. The van der Waals surface area contributed by atoms with Gasteiger partial charge in [0.15, 0.2) is 5.82 Å². The first-order valence-electron chi connectivity index (χ1n) is 7.44. The van der Waals surface area contributed by atoms with Crippen LogP contribution in [0.25, 0.3) is 0 Å². The van der Waals surface area contributed by atoms with E-state index in [1.54, 1.807) is 6.92 Å². The van der Waals surface area contributed by atoms with Crippen LogP contribution in [0.4, 0.5) is 0 Å². The van der Waals surface area contributed by atoms with Gasteiger partial charge in [0.2, 0.25) is 5.91 Å². The zero-order valence-electron chi connectivity index (χ0n) is 13.4. The minimum atomic E-state index is -0.207. The van der Waals surface area contributed by atoms with Crippen molar-refractivity contribution < 1.29 is 18.8 Å². The third-order valence-electron chi connectivity index (χ3n) is 3.84. The van der Waals surface area contributed by atoms with E-state index in [1.165, 1.54) is 5.56 Å². The number of hydrogen-bond acceptors (Lipinski definition) is 6. The second kappa shape index (κ2) is 6.37. The van der Waals surface area contributed by atoms with Crippen LogP contribution in [0.1, 0.15) is 34.4 Å². The van der Waals surface area contributed by atoms with E-state index in [-0.39, 0.29) is 25.2 Å². The number of aryl methyl sites for hydroxylation is 2. The highest BCUT2D eigenvalue weighted by molar-refractivity contribution is 5.78. The molecule has 0 spiro atoms. The van der Waals surface area contributed by atoms with Crippen LogP contribution in [0.3, 0.4) is 0 Å². The fraction of sp³-hybridized carbons (Fsp3) is 0.438. The lowest BCUT2D eigenvalue weighted by atomic mass is 10.0. The summed E-state index contributed by atoms with van der Waals surface area (Å²) in [6.45, 7) is 6.27. The first-order valence-corrected chi connectivity index (χ1v) is 7.44. The summed E-state index contributed by atoms with van der Waals surface area (Å²) in [4.78, 5) is 16.0. The van der Waals surface area contributed by atoms with E-state index in [2.05, 4.69) is 15.5 Å². The fourth-order valence-corrected chi connectivity index (χ4v) is 2.52. The quantitative estimate of drug-likeness (QED) is 0.904. The molecule has 0 saturated heterocycles. The van der Waals surface area contributed by atoms with Crippen LogP contribution in [0.5, 0.6) is 5.75 Å². The maximum atomic E-state index is 12.0. The molecule has 0 radical (unpaired) electrons. The number of amides is 1. The van der Waals surface area contributed by atoms with Crippen LogP contribution in [-0.4, -0.2) is 29.3 Å². The summed E-state index contributed by atoms with van der Waals surface area (Å²) in [5, 5.41) is 6.57. The lowest BCUT2D eigenvalue weighted by Gasteiger charge is -2.12. The number of nitrogens with zero attached hydrogens (tertiary/aromatic N) is 2. The molecule has 122 valence electrons. The van der Waals surface area contributed by atoms with Crippen LogP contribution in [0, 0.1) is 20.8 Å². The Balaban J connectivity index is 1.53. The van der Waals surface area contributed by atoms with Crippen LogP contribution in [0.2, 0.25) is 0 Å². The van der Waals surface area contributed by atoms with Gasteiger partial charge in [-0.2, -0.15) is 4.98 Å². The van der Waals surface area contributed by atoms with Crippen molar-refractivity contribution in [1.82, 2.24) is 15.5 Å². The first-order chi connectivity index (χ1) is 11.0. The minimum absolute atomic E-state index is 0.0713. The van der Waals surface area contributed by atoms with Gasteiger partial charge >= 0.3 is 0 Å². The number of carbonyl (C=O) groups excluding carboxylic acids is 1. The number of nitrogens with one attached hydrogen (secondary N) is 1. The fourth-order valence-electron chi connectivity index (χ4n) is 2.52. The standard InChI is InChI=1S/C16H19N3O4/c1-9-4-5-12-13(6-22-16(12)10(9)2)18-14(20)7-21-8-15-17-11(3)19-23-15/h4-5,13H,6-8H2,1-3H3,(H,18,20)/t13-/m0/s1. The SMILES string of the molecule is Cc1noc(COCC(=O)N[C@H]2COc3c2ccc(C)c3C)n1. The van der Waals surface area contributed by atoms with Gasteiger partial charge in [0.1, 0.15) is 25.6 Å². The van der Waals surface area contributed by atoms with Crippen molar-refractivity contribution in [2.24, 2.45) is 0 Å². The molecule has 1 atom stereocenters. The lowest BCUT2D eigenvalue weighted by molar-refractivity contribution is -0.127. The Morgan fingerprint density at radius 3 is 2.96 bits per heavy atom.